The Morgan fingerprint density at radius 3 is 1.23 bits per heavy atom. The van der Waals surface area contributed by atoms with Gasteiger partial charge in [-0.15, -0.1) is 0 Å². The van der Waals surface area contributed by atoms with E-state index in [4.69, 9.17) is 0 Å². The van der Waals surface area contributed by atoms with Crippen molar-refractivity contribution in [2.24, 2.45) is 0 Å². The molecule has 1 unspecified atom stereocenters. The van der Waals surface area contributed by atoms with Gasteiger partial charge in [0.25, 0.3) is 0 Å². The second kappa shape index (κ2) is 16.5. The summed E-state index contributed by atoms with van der Waals surface area (Å²) in [5.74, 6) is 0. The predicted molar refractivity (Wildman–Crippen MR) is 307 cm³/mol. The first-order valence-electron chi connectivity index (χ1n) is 25.8. The minimum Gasteiger partial charge on any atom is -0.310 e. The molecule has 2 nitrogen and oxygen atoms in total. The standard InChI is InChI=1S/C72H48N2/c1-6-25-49(26-7-1)71(50-27-8-2-9-28-50)62-41-21-18-35-55(62)59-40-24-44-67(70(59)71)74(53-33-14-5-15-34-53)54-45-46-65-61(47-54)56-36-19-22-42-63(56)72(65)64-43-23-20-39-60(64)69-58-38-17-16-37-57(58)68(48-66(69)72)73(51-29-10-3-11-30-51)52-31-12-4-13-32-52/h1-48H. The number of benzene rings is 12. The molecule has 15 rings (SSSR count). The van der Waals surface area contributed by atoms with Crippen LogP contribution in [0.15, 0.2) is 291 Å². The van der Waals surface area contributed by atoms with Gasteiger partial charge in [-0.1, -0.05) is 231 Å². The molecule has 12 aromatic rings. The van der Waals surface area contributed by atoms with Crippen LogP contribution in [0.1, 0.15) is 44.5 Å². The molecular weight excluding hydrogens is 893 g/mol. The monoisotopic (exact) mass is 940 g/mol. The smallest absolute Gasteiger partial charge is 0.0734 e. The van der Waals surface area contributed by atoms with E-state index in [-0.39, 0.29) is 0 Å². The van der Waals surface area contributed by atoms with E-state index in [9.17, 15) is 0 Å². The van der Waals surface area contributed by atoms with Crippen LogP contribution in [0.3, 0.4) is 0 Å². The first kappa shape index (κ1) is 42.2. The van der Waals surface area contributed by atoms with Crippen LogP contribution >= 0.6 is 0 Å². The number of nitrogens with zero attached hydrogens (tertiary/aromatic N) is 2. The lowest BCUT2D eigenvalue weighted by Crippen LogP contribution is -2.30. The van der Waals surface area contributed by atoms with Gasteiger partial charge < -0.3 is 9.80 Å². The second-order valence-corrected chi connectivity index (χ2v) is 19.8. The van der Waals surface area contributed by atoms with E-state index < -0.39 is 10.8 Å². The summed E-state index contributed by atoms with van der Waals surface area (Å²) in [6.07, 6.45) is 0. The van der Waals surface area contributed by atoms with E-state index in [1.165, 1.54) is 88.7 Å². The number of hydrogen-bond donors (Lipinski definition) is 0. The van der Waals surface area contributed by atoms with Gasteiger partial charge in [0.15, 0.2) is 0 Å². The van der Waals surface area contributed by atoms with Gasteiger partial charge in [-0.05, 0) is 138 Å². The lowest BCUT2D eigenvalue weighted by Gasteiger charge is -2.38. The minimum atomic E-state index is -0.601. The quantitative estimate of drug-likeness (QED) is 0.150. The molecule has 0 amide bonds. The van der Waals surface area contributed by atoms with E-state index in [0.717, 1.165) is 34.1 Å². The molecule has 1 spiro atoms. The highest BCUT2D eigenvalue weighted by Crippen LogP contribution is 2.66. The van der Waals surface area contributed by atoms with Crippen molar-refractivity contribution in [3.8, 4) is 33.4 Å². The molecular formula is C72H48N2. The van der Waals surface area contributed by atoms with Crippen LogP contribution in [0.25, 0.3) is 44.2 Å². The summed E-state index contributed by atoms with van der Waals surface area (Å²) >= 11 is 0. The average molecular weight is 941 g/mol. The third kappa shape index (κ3) is 5.82. The number of fused-ring (bicyclic) bond motifs is 15. The van der Waals surface area contributed by atoms with Gasteiger partial charge in [-0.3, -0.25) is 0 Å². The molecule has 0 saturated heterocycles. The maximum absolute atomic E-state index is 2.53. The first-order valence-corrected chi connectivity index (χ1v) is 25.8. The van der Waals surface area contributed by atoms with Crippen molar-refractivity contribution in [2.75, 3.05) is 9.80 Å². The molecule has 74 heavy (non-hydrogen) atoms. The molecule has 1 atom stereocenters. The Morgan fingerprint density at radius 1 is 0.230 bits per heavy atom. The fraction of sp³-hybridized carbons (Fsp3) is 0.0278. The molecule has 3 aliphatic rings. The van der Waals surface area contributed by atoms with Gasteiger partial charge in [0.2, 0.25) is 0 Å². The SMILES string of the molecule is c1ccc(N(c2ccc3c(c2)-c2ccccc2C32c3ccccc3-c3c2cc(N(c2ccccc2)c2ccccc2)c2ccccc32)c2cccc3c2C(c2ccccc2)(c2ccccc2)c2ccccc2-3)cc1. The highest BCUT2D eigenvalue weighted by Gasteiger charge is 2.53. The summed E-state index contributed by atoms with van der Waals surface area (Å²) in [5, 5.41) is 2.46. The van der Waals surface area contributed by atoms with Crippen LogP contribution in [-0.2, 0) is 10.8 Å². The van der Waals surface area contributed by atoms with Gasteiger partial charge in [-0.2, -0.15) is 0 Å². The molecule has 0 bridgehead atoms. The van der Waals surface area contributed by atoms with Crippen LogP contribution in [0.4, 0.5) is 34.1 Å². The molecule has 346 valence electrons. The number of hydrogen-bond acceptors (Lipinski definition) is 2. The highest BCUT2D eigenvalue weighted by atomic mass is 15.2. The summed E-state index contributed by atoms with van der Waals surface area (Å²) in [7, 11) is 0. The summed E-state index contributed by atoms with van der Waals surface area (Å²) in [4.78, 5) is 4.97. The Balaban J connectivity index is 1.01. The molecule has 2 heteroatoms. The van der Waals surface area contributed by atoms with Gasteiger partial charge in [-0.25, -0.2) is 0 Å². The normalized spacial score (nSPS) is 14.9. The zero-order valence-corrected chi connectivity index (χ0v) is 40.6. The van der Waals surface area contributed by atoms with Crippen molar-refractivity contribution in [2.45, 2.75) is 10.8 Å². The Morgan fingerprint density at radius 2 is 0.649 bits per heavy atom. The summed E-state index contributed by atoms with van der Waals surface area (Å²) in [6, 6.07) is 108. The lowest BCUT2D eigenvalue weighted by molar-refractivity contribution is 0.768. The van der Waals surface area contributed by atoms with Gasteiger partial charge >= 0.3 is 0 Å². The predicted octanol–water partition coefficient (Wildman–Crippen LogP) is 18.5. The average Bonchev–Trinajstić information content (AvgIpc) is 4.17. The van der Waals surface area contributed by atoms with E-state index in [2.05, 4.69) is 301 Å². The molecule has 0 N–H and O–H groups in total. The molecule has 0 aliphatic heterocycles. The Hall–Kier alpha value is -9.50. The van der Waals surface area contributed by atoms with Crippen molar-refractivity contribution in [3.63, 3.8) is 0 Å². The van der Waals surface area contributed by atoms with Crippen LogP contribution in [0, 0.1) is 0 Å². The summed E-state index contributed by atoms with van der Waals surface area (Å²) in [6.45, 7) is 0. The number of para-hydroxylation sites is 3. The van der Waals surface area contributed by atoms with Crippen LogP contribution in [-0.4, -0.2) is 0 Å². The van der Waals surface area contributed by atoms with E-state index >= 15 is 0 Å². The third-order valence-corrected chi connectivity index (χ3v) is 16.3. The molecule has 0 fully saturated rings. The van der Waals surface area contributed by atoms with Crippen molar-refractivity contribution < 1.29 is 0 Å². The number of rotatable bonds is 8. The Bertz CT molecular complexity index is 4050. The van der Waals surface area contributed by atoms with E-state index in [0.29, 0.717) is 0 Å². The van der Waals surface area contributed by atoms with Gasteiger partial charge in [0, 0.05) is 33.7 Å². The summed E-state index contributed by atoms with van der Waals surface area (Å²) < 4.78 is 0. The zero-order valence-electron chi connectivity index (χ0n) is 40.6. The maximum atomic E-state index is 2.53. The summed E-state index contributed by atoms with van der Waals surface area (Å²) in [5.41, 5.74) is 23.4. The van der Waals surface area contributed by atoms with Crippen molar-refractivity contribution in [3.05, 3.63) is 336 Å². The minimum absolute atomic E-state index is 0.600. The Labute approximate surface area is 432 Å². The second-order valence-electron chi connectivity index (χ2n) is 19.8. The highest BCUT2D eigenvalue weighted by molar-refractivity contribution is 6.12. The third-order valence-electron chi connectivity index (χ3n) is 16.3. The fourth-order valence-corrected chi connectivity index (χ4v) is 13.5. The largest absolute Gasteiger partial charge is 0.310 e. The van der Waals surface area contributed by atoms with E-state index in [1.807, 2.05) is 0 Å². The molecule has 3 aliphatic carbocycles. The topological polar surface area (TPSA) is 6.48 Å². The van der Waals surface area contributed by atoms with Crippen LogP contribution in [0.5, 0.6) is 0 Å². The van der Waals surface area contributed by atoms with Gasteiger partial charge in [0.05, 0.1) is 22.2 Å². The van der Waals surface area contributed by atoms with E-state index in [1.54, 1.807) is 0 Å². The van der Waals surface area contributed by atoms with Crippen molar-refractivity contribution in [1.29, 1.82) is 0 Å². The molecule has 0 aromatic heterocycles. The molecule has 0 radical (unpaired) electrons. The van der Waals surface area contributed by atoms with Crippen molar-refractivity contribution >= 4 is 44.9 Å². The first-order chi connectivity index (χ1) is 36.8. The van der Waals surface area contributed by atoms with Crippen molar-refractivity contribution in [1.82, 2.24) is 0 Å². The molecule has 0 saturated carbocycles. The Kier molecular flexibility index (Phi) is 9.43. The number of anilines is 6. The van der Waals surface area contributed by atoms with Gasteiger partial charge in [0.1, 0.15) is 0 Å². The molecule has 12 aromatic carbocycles. The molecule has 0 heterocycles. The maximum Gasteiger partial charge on any atom is 0.0734 e. The zero-order chi connectivity index (χ0) is 48.8. The van der Waals surface area contributed by atoms with Crippen LogP contribution < -0.4 is 9.80 Å². The lowest BCUT2D eigenvalue weighted by atomic mass is 9.67. The van der Waals surface area contributed by atoms with Crippen LogP contribution in [0.2, 0.25) is 0 Å². The fourth-order valence-electron chi connectivity index (χ4n) is 13.5.